The molecule has 1 unspecified atom stereocenters. The molecule has 0 aliphatic rings. The lowest BCUT2D eigenvalue weighted by molar-refractivity contribution is 0.639. The van der Waals surface area contributed by atoms with Gasteiger partial charge in [-0.15, -0.1) is 0 Å². The summed E-state index contributed by atoms with van der Waals surface area (Å²) >= 11 is 4.58. The van der Waals surface area contributed by atoms with Crippen LogP contribution in [0, 0.1) is 18.4 Å². The average molecular weight is 252 g/mol. The second-order valence-electron chi connectivity index (χ2n) is 3.81. The number of nitrogens with zero attached hydrogens (tertiary/aromatic N) is 3. The molecule has 0 aliphatic heterocycles. The Bertz CT molecular complexity index is 442. The number of aromatic amines is 1. The molecule has 7 heteroatoms. The normalized spacial score (nSPS) is 14.9. The van der Waals surface area contributed by atoms with E-state index in [9.17, 15) is 0 Å². The number of aliphatic imine (C=N–C) groups is 1. The summed E-state index contributed by atoms with van der Waals surface area (Å²) in [5.41, 5.74) is 1.85. The zero-order chi connectivity index (χ0) is 12.9. The highest BCUT2D eigenvalue weighted by molar-refractivity contribution is 7.81. The van der Waals surface area contributed by atoms with Crippen LogP contribution in [0.15, 0.2) is 11.3 Å². The molecule has 1 aromatic heterocycles. The van der Waals surface area contributed by atoms with Gasteiger partial charge in [0.1, 0.15) is 0 Å². The number of aryl methyl sites for hydroxylation is 1. The highest BCUT2D eigenvalue weighted by atomic mass is 32.1. The molecule has 0 radical (unpaired) electrons. The van der Waals surface area contributed by atoms with Gasteiger partial charge in [-0.25, -0.2) is 4.98 Å². The Hall–Kier alpha value is -1.68. The van der Waals surface area contributed by atoms with Crippen LogP contribution in [0.25, 0.3) is 0 Å². The van der Waals surface area contributed by atoms with Gasteiger partial charge in [-0.2, -0.15) is 17.9 Å². The topological polar surface area (TPSA) is 88.9 Å². The summed E-state index contributed by atoms with van der Waals surface area (Å²) in [7, 11) is 1.60. The Labute approximate surface area is 106 Å². The van der Waals surface area contributed by atoms with Crippen LogP contribution in [-0.2, 0) is 4.75 Å². The minimum atomic E-state index is -0.447. The van der Waals surface area contributed by atoms with Crippen LogP contribution < -0.4 is 10.6 Å². The average Bonchev–Trinajstić information content (AvgIpc) is 2.71. The minimum absolute atomic E-state index is 0.418. The van der Waals surface area contributed by atoms with Crippen molar-refractivity contribution in [1.29, 1.82) is 5.26 Å². The Balaban J connectivity index is 2.69. The van der Waals surface area contributed by atoms with E-state index < -0.39 is 4.75 Å². The molecule has 0 bridgehead atoms. The summed E-state index contributed by atoms with van der Waals surface area (Å²) in [6.07, 6.45) is 3.45. The maximum atomic E-state index is 8.51. The number of hydrogen-bond acceptors (Lipinski definition) is 4. The molecule has 0 aromatic carbocycles. The number of nitriles is 1. The smallest absolute Gasteiger partial charge is 0.204 e. The first-order valence-electron chi connectivity index (χ1n) is 5.10. The molecule has 17 heavy (non-hydrogen) atoms. The van der Waals surface area contributed by atoms with Crippen molar-refractivity contribution in [2.75, 3.05) is 13.6 Å². The van der Waals surface area contributed by atoms with E-state index in [0.717, 1.165) is 11.4 Å². The molecule has 92 valence electrons. The molecule has 1 atom stereocenters. The van der Waals surface area contributed by atoms with Crippen molar-refractivity contribution in [2.24, 2.45) is 4.99 Å². The fraction of sp³-hybridized carbons (Fsp3) is 0.500. The maximum Gasteiger partial charge on any atom is 0.204 e. The van der Waals surface area contributed by atoms with Gasteiger partial charge in [0.05, 0.1) is 16.8 Å². The lowest BCUT2D eigenvalue weighted by Gasteiger charge is -2.23. The number of aromatic nitrogens is 2. The molecule has 3 N–H and O–H groups in total. The summed E-state index contributed by atoms with van der Waals surface area (Å²) in [6, 6.07) is 0. The summed E-state index contributed by atoms with van der Waals surface area (Å²) in [5.74, 6) is 0.418. The third-order valence-electron chi connectivity index (χ3n) is 2.34. The standard InChI is InChI=1S/C10H16N6S/c1-7-8(16-6-15-7)10(2,17)4-13-9(12-3)14-5-11/h6,17H,4H2,1-3H3,(H,15,16)(H2,12,13,14). The molecular formula is C10H16N6S. The summed E-state index contributed by atoms with van der Waals surface area (Å²) < 4.78 is -0.447. The first-order chi connectivity index (χ1) is 8.01. The van der Waals surface area contributed by atoms with Gasteiger partial charge in [0.25, 0.3) is 0 Å². The first-order valence-corrected chi connectivity index (χ1v) is 5.54. The lowest BCUT2D eigenvalue weighted by atomic mass is 10.1. The number of imidazole rings is 1. The zero-order valence-corrected chi connectivity index (χ0v) is 11.0. The van der Waals surface area contributed by atoms with Gasteiger partial charge in [0, 0.05) is 19.3 Å². The number of rotatable bonds is 3. The Morgan fingerprint density at radius 2 is 2.47 bits per heavy atom. The van der Waals surface area contributed by atoms with E-state index in [1.165, 1.54) is 0 Å². The van der Waals surface area contributed by atoms with E-state index in [0.29, 0.717) is 12.5 Å². The number of guanidine groups is 1. The van der Waals surface area contributed by atoms with Crippen LogP contribution in [0.2, 0.25) is 0 Å². The molecule has 0 aliphatic carbocycles. The fourth-order valence-electron chi connectivity index (χ4n) is 1.47. The van der Waals surface area contributed by atoms with E-state index in [4.69, 9.17) is 5.26 Å². The van der Waals surface area contributed by atoms with Gasteiger partial charge in [-0.05, 0) is 13.8 Å². The summed E-state index contributed by atoms with van der Waals surface area (Å²) in [4.78, 5) is 11.1. The second kappa shape index (κ2) is 5.59. The lowest BCUT2D eigenvalue weighted by Crippen LogP contribution is -2.41. The largest absolute Gasteiger partial charge is 0.354 e. The van der Waals surface area contributed by atoms with Gasteiger partial charge < -0.3 is 10.3 Å². The van der Waals surface area contributed by atoms with Gasteiger partial charge in [0.15, 0.2) is 6.19 Å². The van der Waals surface area contributed by atoms with Crippen LogP contribution in [0.3, 0.4) is 0 Å². The Morgan fingerprint density at radius 3 is 2.94 bits per heavy atom. The first kappa shape index (κ1) is 13.4. The predicted molar refractivity (Wildman–Crippen MR) is 69.8 cm³/mol. The third kappa shape index (κ3) is 3.39. The highest BCUT2D eigenvalue weighted by Crippen LogP contribution is 2.27. The van der Waals surface area contributed by atoms with Crippen LogP contribution in [0.4, 0.5) is 0 Å². The minimum Gasteiger partial charge on any atom is -0.354 e. The van der Waals surface area contributed by atoms with E-state index in [-0.39, 0.29) is 0 Å². The quantitative estimate of drug-likeness (QED) is 0.207. The molecule has 0 saturated heterocycles. The molecule has 0 fully saturated rings. The number of hydrogen-bond donors (Lipinski definition) is 4. The monoisotopic (exact) mass is 252 g/mol. The Kier molecular flexibility index (Phi) is 4.40. The maximum absolute atomic E-state index is 8.51. The number of nitrogens with one attached hydrogen (secondary N) is 3. The van der Waals surface area contributed by atoms with Crippen molar-refractivity contribution >= 4 is 18.6 Å². The van der Waals surface area contributed by atoms with E-state index >= 15 is 0 Å². The molecule has 0 amide bonds. The van der Waals surface area contributed by atoms with Gasteiger partial charge in [-0.1, -0.05) is 0 Å². The molecule has 1 aromatic rings. The van der Waals surface area contributed by atoms with Crippen molar-refractivity contribution in [1.82, 2.24) is 20.6 Å². The number of H-pyrrole nitrogens is 1. The van der Waals surface area contributed by atoms with Gasteiger partial charge in [-0.3, -0.25) is 10.3 Å². The molecule has 1 heterocycles. The molecule has 0 spiro atoms. The van der Waals surface area contributed by atoms with Crippen molar-refractivity contribution in [3.63, 3.8) is 0 Å². The second-order valence-corrected chi connectivity index (χ2v) is 4.80. The predicted octanol–water partition coefficient (Wildman–Crippen LogP) is 0.509. The van der Waals surface area contributed by atoms with Crippen molar-refractivity contribution < 1.29 is 0 Å². The highest BCUT2D eigenvalue weighted by Gasteiger charge is 2.26. The van der Waals surface area contributed by atoms with Crippen molar-refractivity contribution in [3.05, 3.63) is 17.7 Å². The SMILES string of the molecule is CN=C(NC#N)NCC(C)(S)c1nc[nH]c1C. The van der Waals surface area contributed by atoms with Crippen molar-refractivity contribution in [3.8, 4) is 6.19 Å². The van der Waals surface area contributed by atoms with Crippen LogP contribution in [0.1, 0.15) is 18.3 Å². The van der Waals surface area contributed by atoms with Gasteiger partial charge >= 0.3 is 0 Å². The van der Waals surface area contributed by atoms with Crippen LogP contribution in [0.5, 0.6) is 0 Å². The third-order valence-corrected chi connectivity index (χ3v) is 2.71. The molecule has 1 rings (SSSR count). The van der Waals surface area contributed by atoms with E-state index in [1.54, 1.807) is 13.4 Å². The van der Waals surface area contributed by atoms with Gasteiger partial charge in [0.2, 0.25) is 5.96 Å². The number of thiol groups is 1. The molecular weight excluding hydrogens is 236 g/mol. The Morgan fingerprint density at radius 1 is 1.76 bits per heavy atom. The molecule has 0 saturated carbocycles. The van der Waals surface area contributed by atoms with Crippen molar-refractivity contribution in [2.45, 2.75) is 18.6 Å². The van der Waals surface area contributed by atoms with Crippen LogP contribution >= 0.6 is 12.6 Å². The summed E-state index contributed by atoms with van der Waals surface area (Å²) in [6.45, 7) is 4.40. The fourth-order valence-corrected chi connectivity index (χ4v) is 1.78. The molecule has 6 nitrogen and oxygen atoms in total. The van der Waals surface area contributed by atoms with E-state index in [1.807, 2.05) is 20.0 Å². The summed E-state index contributed by atoms with van der Waals surface area (Å²) in [5, 5.41) is 14.0. The zero-order valence-electron chi connectivity index (χ0n) is 10.1. The van der Waals surface area contributed by atoms with Crippen LogP contribution in [-0.4, -0.2) is 29.5 Å². The van der Waals surface area contributed by atoms with E-state index in [2.05, 4.69) is 38.2 Å².